The highest BCUT2D eigenvalue weighted by atomic mass is 15.2. The minimum Gasteiger partial charge on any atom is -0.310 e. The highest BCUT2D eigenvalue weighted by Gasteiger charge is 2.62. The molecule has 0 aromatic heterocycles. The molecule has 5 unspecified atom stereocenters. The molecule has 0 aliphatic heterocycles. The third-order valence-corrected chi connectivity index (χ3v) is 18.9. The average Bonchev–Trinajstić information content (AvgIpc) is 4.14. The summed E-state index contributed by atoms with van der Waals surface area (Å²) in [5, 5.41) is 0. The van der Waals surface area contributed by atoms with E-state index >= 15 is 0 Å². The zero-order valence-electron chi connectivity index (χ0n) is 43.0. The van der Waals surface area contributed by atoms with Crippen molar-refractivity contribution in [3.05, 3.63) is 227 Å². The van der Waals surface area contributed by atoms with Gasteiger partial charge in [-0.25, -0.2) is 0 Å². The highest BCUT2D eigenvalue weighted by Crippen LogP contribution is 2.69. The molecule has 8 aromatic rings. The molecule has 2 nitrogen and oxygen atoms in total. The third-order valence-electron chi connectivity index (χ3n) is 18.9. The van der Waals surface area contributed by atoms with Crippen molar-refractivity contribution in [1.29, 1.82) is 0 Å². The summed E-state index contributed by atoms with van der Waals surface area (Å²) in [7, 11) is 0. The van der Waals surface area contributed by atoms with Crippen molar-refractivity contribution in [1.82, 2.24) is 0 Å². The summed E-state index contributed by atoms with van der Waals surface area (Å²) in [5.74, 6) is 3.43. The largest absolute Gasteiger partial charge is 0.310 e. The number of benzene rings is 8. The van der Waals surface area contributed by atoms with Gasteiger partial charge in [-0.2, -0.15) is 0 Å². The Morgan fingerprint density at radius 3 is 1.67 bits per heavy atom. The fraction of sp³-hybridized carbons (Fsp3) is 0.314. The van der Waals surface area contributed by atoms with Crippen molar-refractivity contribution in [2.75, 3.05) is 9.80 Å². The SMILES string of the molecule is CCC(CC)CC1CCCC(c2ccc(N(c3ccccc3)c3cccc4c3C35c6c(cccc6N(c6ccccc6)c6ccc7c(c6)C(C)(C)c6cccc(-c8ccccc8)c6-7)CC3CCC5C4)cc2)C1. The number of hydrogen-bond donors (Lipinski definition) is 0. The van der Waals surface area contributed by atoms with E-state index in [-0.39, 0.29) is 10.8 Å². The summed E-state index contributed by atoms with van der Waals surface area (Å²) in [5.41, 5.74) is 23.1. The Bertz CT molecular complexity index is 3250. The first-order valence-electron chi connectivity index (χ1n) is 27.8. The molecule has 8 aromatic carbocycles. The Balaban J connectivity index is 0.947. The lowest BCUT2D eigenvalue weighted by Crippen LogP contribution is -2.34. The normalized spacial score (nSPS) is 21.9. The zero-order chi connectivity index (χ0) is 48.6. The third kappa shape index (κ3) is 7.17. The maximum atomic E-state index is 2.64. The van der Waals surface area contributed by atoms with E-state index in [9.17, 15) is 0 Å². The minimum atomic E-state index is -0.170. The van der Waals surface area contributed by atoms with Crippen molar-refractivity contribution in [3.63, 3.8) is 0 Å². The first kappa shape index (κ1) is 45.2. The van der Waals surface area contributed by atoms with Gasteiger partial charge in [0, 0.05) is 33.6 Å². The van der Waals surface area contributed by atoms with Crippen LogP contribution in [0.5, 0.6) is 0 Å². The lowest BCUT2D eigenvalue weighted by molar-refractivity contribution is 0.258. The number of para-hydroxylation sites is 2. The van der Waals surface area contributed by atoms with E-state index in [1.54, 1.807) is 11.1 Å². The summed E-state index contributed by atoms with van der Waals surface area (Å²) >= 11 is 0. The van der Waals surface area contributed by atoms with Gasteiger partial charge in [-0.3, -0.25) is 0 Å². The molecule has 2 saturated carbocycles. The molecule has 2 fully saturated rings. The molecule has 0 N–H and O–H groups in total. The number of fused-ring (bicyclic) bond motifs is 5. The van der Waals surface area contributed by atoms with Crippen molar-refractivity contribution >= 4 is 34.1 Å². The molecule has 72 heavy (non-hydrogen) atoms. The molecular formula is C70H70N2. The molecule has 13 rings (SSSR count). The van der Waals surface area contributed by atoms with Crippen LogP contribution in [-0.2, 0) is 23.7 Å². The molecule has 5 aliphatic carbocycles. The summed E-state index contributed by atoms with van der Waals surface area (Å²) in [6, 6.07) is 72.4. The van der Waals surface area contributed by atoms with Crippen LogP contribution in [0.4, 0.5) is 34.1 Å². The van der Waals surface area contributed by atoms with Crippen LogP contribution >= 0.6 is 0 Å². The predicted octanol–water partition coefficient (Wildman–Crippen LogP) is 19.1. The van der Waals surface area contributed by atoms with Gasteiger partial charge in [-0.15, -0.1) is 0 Å². The quantitative estimate of drug-likeness (QED) is 0.120. The second-order valence-corrected chi connectivity index (χ2v) is 22.9. The molecule has 5 aliphatic rings. The standard InChI is InChI=1S/C70H70N2/c1-5-47(6-2)42-48-20-16-23-51(43-48)49-34-38-58(39-35-49)71(56-26-12-8-13-27-56)64-32-17-24-52-44-54-36-37-55-45-53-25-18-33-65(68(53)70(54,55)67(52)64)72(57-28-14-9-15-29-57)59-40-41-61-63(46-59)69(3,4)62-31-19-30-60(66(61)62)50-21-10-7-11-22-50/h7-15,17-19,21-22,24-35,38-41,46-48,51,54-55H,5-6,16,20,23,36-37,42-45H2,1-4H3. The highest BCUT2D eigenvalue weighted by molar-refractivity contribution is 5.95. The molecule has 5 atom stereocenters. The van der Waals surface area contributed by atoms with E-state index in [4.69, 9.17) is 0 Å². The molecule has 0 saturated heterocycles. The monoisotopic (exact) mass is 939 g/mol. The van der Waals surface area contributed by atoms with Crippen LogP contribution in [0.3, 0.4) is 0 Å². The van der Waals surface area contributed by atoms with Gasteiger partial charge >= 0.3 is 0 Å². The van der Waals surface area contributed by atoms with Crippen LogP contribution in [0.2, 0.25) is 0 Å². The van der Waals surface area contributed by atoms with Crippen LogP contribution in [0.15, 0.2) is 188 Å². The predicted molar refractivity (Wildman–Crippen MR) is 303 cm³/mol. The first-order valence-corrected chi connectivity index (χ1v) is 27.8. The van der Waals surface area contributed by atoms with Crippen LogP contribution in [-0.4, -0.2) is 0 Å². The second kappa shape index (κ2) is 18.1. The Kier molecular flexibility index (Phi) is 11.4. The Labute approximate surface area is 429 Å². The lowest BCUT2D eigenvalue weighted by Gasteiger charge is -2.40. The smallest absolute Gasteiger partial charge is 0.0505 e. The van der Waals surface area contributed by atoms with Gasteiger partial charge in [-0.05, 0) is 196 Å². The molecule has 0 bridgehead atoms. The van der Waals surface area contributed by atoms with Crippen LogP contribution in [0, 0.1) is 23.7 Å². The average molecular weight is 939 g/mol. The van der Waals surface area contributed by atoms with E-state index in [1.807, 2.05) is 0 Å². The minimum absolute atomic E-state index is 0.124. The number of rotatable bonds is 12. The van der Waals surface area contributed by atoms with Gasteiger partial charge < -0.3 is 9.80 Å². The maximum Gasteiger partial charge on any atom is 0.0505 e. The Morgan fingerprint density at radius 2 is 1.06 bits per heavy atom. The molecule has 0 amide bonds. The Hall–Kier alpha value is -6.64. The van der Waals surface area contributed by atoms with Crippen molar-refractivity contribution in [2.24, 2.45) is 23.7 Å². The van der Waals surface area contributed by atoms with Crippen LogP contribution < -0.4 is 9.80 Å². The fourth-order valence-corrected chi connectivity index (χ4v) is 15.6. The summed E-state index contributed by atoms with van der Waals surface area (Å²) in [6.07, 6.45) is 14.2. The molecular weight excluding hydrogens is 869 g/mol. The van der Waals surface area contributed by atoms with Crippen molar-refractivity contribution < 1.29 is 0 Å². The molecule has 0 radical (unpaired) electrons. The van der Waals surface area contributed by atoms with E-state index in [0.717, 1.165) is 24.7 Å². The van der Waals surface area contributed by atoms with Crippen LogP contribution in [0.25, 0.3) is 22.3 Å². The van der Waals surface area contributed by atoms with Gasteiger partial charge in [0.2, 0.25) is 0 Å². The van der Waals surface area contributed by atoms with Crippen molar-refractivity contribution in [3.8, 4) is 22.3 Å². The van der Waals surface area contributed by atoms with E-state index < -0.39 is 0 Å². The number of nitrogens with zero attached hydrogens (tertiary/aromatic N) is 2. The fourth-order valence-electron chi connectivity index (χ4n) is 15.6. The molecule has 2 heteroatoms. The van der Waals surface area contributed by atoms with E-state index in [0.29, 0.717) is 17.8 Å². The topological polar surface area (TPSA) is 6.48 Å². The molecule has 0 heterocycles. The summed E-state index contributed by atoms with van der Waals surface area (Å²) in [6.45, 7) is 9.64. The van der Waals surface area contributed by atoms with E-state index in [1.165, 1.54) is 142 Å². The second-order valence-electron chi connectivity index (χ2n) is 22.9. The summed E-state index contributed by atoms with van der Waals surface area (Å²) in [4.78, 5) is 5.27. The van der Waals surface area contributed by atoms with Crippen LogP contribution in [0.1, 0.15) is 130 Å². The van der Waals surface area contributed by atoms with Gasteiger partial charge in [0.05, 0.1) is 11.4 Å². The van der Waals surface area contributed by atoms with E-state index in [2.05, 4.69) is 226 Å². The molecule has 1 spiro atoms. The molecule has 360 valence electrons. The number of anilines is 6. The van der Waals surface area contributed by atoms with Gasteiger partial charge in [0.15, 0.2) is 0 Å². The first-order chi connectivity index (χ1) is 35.4. The number of hydrogen-bond acceptors (Lipinski definition) is 2. The zero-order valence-corrected chi connectivity index (χ0v) is 43.0. The Morgan fingerprint density at radius 1 is 0.500 bits per heavy atom. The maximum absolute atomic E-state index is 2.64. The van der Waals surface area contributed by atoms with Gasteiger partial charge in [0.1, 0.15) is 0 Å². The summed E-state index contributed by atoms with van der Waals surface area (Å²) < 4.78 is 0. The van der Waals surface area contributed by atoms with Gasteiger partial charge in [-0.1, -0.05) is 181 Å². The van der Waals surface area contributed by atoms with Crippen molar-refractivity contribution in [2.45, 2.75) is 115 Å². The van der Waals surface area contributed by atoms with Gasteiger partial charge in [0.25, 0.3) is 0 Å². The lowest BCUT2D eigenvalue weighted by atomic mass is 9.68.